The van der Waals surface area contributed by atoms with Crippen LogP contribution in [0.15, 0.2) is 11.6 Å². The highest BCUT2D eigenvalue weighted by Crippen LogP contribution is 2.13. The molecule has 1 heterocycles. The molecule has 6 heteroatoms. The summed E-state index contributed by atoms with van der Waals surface area (Å²) in [7, 11) is 0. The molecule has 0 aromatic carbocycles. The van der Waals surface area contributed by atoms with Gasteiger partial charge in [-0.3, -0.25) is 0 Å². The van der Waals surface area contributed by atoms with Crippen LogP contribution in [0.4, 0.5) is 9.93 Å². The maximum Gasteiger partial charge on any atom is 0.428 e. The van der Waals surface area contributed by atoms with Gasteiger partial charge in [-0.15, -0.1) is 11.3 Å². The number of aromatic nitrogens is 1. The molecule has 5 nitrogen and oxygen atoms in total. The summed E-state index contributed by atoms with van der Waals surface area (Å²) in [6.07, 6.45) is 0.276. The molecule has 0 saturated heterocycles. The van der Waals surface area contributed by atoms with Crippen LogP contribution in [0.1, 0.15) is 0 Å². The van der Waals surface area contributed by atoms with Gasteiger partial charge >= 0.3 is 6.09 Å². The molecule has 0 radical (unpaired) electrons. The van der Waals surface area contributed by atoms with E-state index in [9.17, 15) is 4.79 Å². The number of anilines is 1. The lowest BCUT2D eigenvalue weighted by Crippen LogP contribution is -2.35. The third kappa shape index (κ3) is 1.23. The Balaban J connectivity index is 2.77. The van der Waals surface area contributed by atoms with Crippen molar-refractivity contribution in [1.29, 1.82) is 0 Å². The minimum absolute atomic E-state index is 0.271. The van der Waals surface area contributed by atoms with Gasteiger partial charge in [-0.1, -0.05) is 0 Å². The predicted octanol–water partition coefficient (Wildman–Crippen LogP) is 0.501. The van der Waals surface area contributed by atoms with Gasteiger partial charge in [0.25, 0.3) is 0 Å². The number of hydrazine groups is 1. The maximum absolute atomic E-state index is 10.2. The monoisotopic (exact) mass is 159 g/mol. The van der Waals surface area contributed by atoms with Crippen LogP contribution in [0.2, 0.25) is 0 Å². The first-order valence-electron chi connectivity index (χ1n) is 2.39. The Morgan fingerprint density at radius 2 is 2.60 bits per heavy atom. The molecule has 1 rings (SSSR count). The number of carbonyl (C=O) groups is 1. The number of carboxylic acid groups (broad SMARTS) is 1. The fourth-order valence-corrected chi connectivity index (χ4v) is 0.974. The molecular formula is C4H5N3O2S. The van der Waals surface area contributed by atoms with E-state index >= 15 is 0 Å². The maximum atomic E-state index is 10.2. The molecule has 1 aromatic rings. The number of thiazole rings is 1. The molecule has 0 saturated carbocycles. The quantitative estimate of drug-likeness (QED) is 0.355. The van der Waals surface area contributed by atoms with Crippen LogP contribution in [-0.2, 0) is 0 Å². The van der Waals surface area contributed by atoms with Crippen molar-refractivity contribution >= 4 is 22.6 Å². The highest BCUT2D eigenvalue weighted by Gasteiger charge is 2.10. The number of amides is 1. The molecule has 0 spiro atoms. The predicted molar refractivity (Wildman–Crippen MR) is 36.8 cm³/mol. The van der Waals surface area contributed by atoms with Crippen LogP contribution in [0, 0.1) is 0 Å². The largest absolute Gasteiger partial charge is 0.464 e. The first-order valence-corrected chi connectivity index (χ1v) is 3.27. The van der Waals surface area contributed by atoms with E-state index in [1.807, 2.05) is 0 Å². The smallest absolute Gasteiger partial charge is 0.428 e. The van der Waals surface area contributed by atoms with Crippen LogP contribution < -0.4 is 10.9 Å². The van der Waals surface area contributed by atoms with Crippen molar-refractivity contribution in [3.8, 4) is 0 Å². The SMILES string of the molecule is NN(C(=O)O)c1nccs1. The summed E-state index contributed by atoms with van der Waals surface area (Å²) in [5, 5.41) is 10.8. The summed E-state index contributed by atoms with van der Waals surface area (Å²) in [6, 6.07) is 0. The normalized spacial score (nSPS) is 9.30. The van der Waals surface area contributed by atoms with Crippen molar-refractivity contribution in [2.45, 2.75) is 0 Å². The van der Waals surface area contributed by atoms with E-state index in [0.717, 1.165) is 0 Å². The number of hydrogen-bond acceptors (Lipinski definition) is 4. The first kappa shape index (κ1) is 6.97. The van der Waals surface area contributed by atoms with E-state index in [-0.39, 0.29) is 5.13 Å². The van der Waals surface area contributed by atoms with Crippen LogP contribution in [-0.4, -0.2) is 16.2 Å². The summed E-state index contributed by atoms with van der Waals surface area (Å²) in [6.45, 7) is 0. The van der Waals surface area contributed by atoms with Gasteiger partial charge in [0.1, 0.15) is 0 Å². The Morgan fingerprint density at radius 1 is 1.90 bits per heavy atom. The van der Waals surface area contributed by atoms with Crippen molar-refractivity contribution in [2.24, 2.45) is 5.84 Å². The van der Waals surface area contributed by atoms with E-state index in [1.54, 1.807) is 5.38 Å². The van der Waals surface area contributed by atoms with Gasteiger partial charge in [0, 0.05) is 11.6 Å². The van der Waals surface area contributed by atoms with Gasteiger partial charge < -0.3 is 5.11 Å². The van der Waals surface area contributed by atoms with Gasteiger partial charge in [-0.2, -0.15) is 5.01 Å². The molecule has 1 amide bonds. The lowest BCUT2D eigenvalue weighted by atomic mass is 10.9. The standard InChI is InChI=1S/C4H5N3O2S/c5-7(4(8)9)3-6-1-2-10-3/h1-2H,5H2,(H,8,9). The Bertz CT molecular complexity index is 222. The second-order valence-corrected chi connectivity index (χ2v) is 2.34. The molecule has 10 heavy (non-hydrogen) atoms. The van der Waals surface area contributed by atoms with Crippen LogP contribution in [0.3, 0.4) is 0 Å². The average Bonchev–Trinajstić information content (AvgIpc) is 2.36. The summed E-state index contributed by atoms with van der Waals surface area (Å²) >= 11 is 1.17. The molecule has 0 aliphatic carbocycles. The minimum Gasteiger partial charge on any atom is -0.464 e. The molecule has 0 atom stereocenters. The van der Waals surface area contributed by atoms with Crippen molar-refractivity contribution in [3.63, 3.8) is 0 Å². The zero-order valence-corrected chi connectivity index (χ0v) is 5.71. The van der Waals surface area contributed by atoms with Crippen LogP contribution >= 0.6 is 11.3 Å². The summed E-state index contributed by atoms with van der Waals surface area (Å²) < 4.78 is 0. The zero-order valence-electron chi connectivity index (χ0n) is 4.89. The number of nitrogens with two attached hydrogens (primary N) is 1. The first-order chi connectivity index (χ1) is 4.72. The van der Waals surface area contributed by atoms with E-state index in [2.05, 4.69) is 4.98 Å². The van der Waals surface area contributed by atoms with E-state index in [0.29, 0.717) is 5.01 Å². The van der Waals surface area contributed by atoms with Crippen LogP contribution in [0.25, 0.3) is 0 Å². The highest BCUT2D eigenvalue weighted by molar-refractivity contribution is 7.13. The third-order valence-corrected chi connectivity index (χ3v) is 1.60. The Kier molecular flexibility index (Phi) is 1.83. The molecule has 0 aliphatic rings. The van der Waals surface area contributed by atoms with Gasteiger partial charge in [-0.25, -0.2) is 15.6 Å². The molecule has 0 unspecified atom stereocenters. The Morgan fingerprint density at radius 3 is 3.00 bits per heavy atom. The molecular weight excluding hydrogens is 154 g/mol. The zero-order chi connectivity index (χ0) is 7.56. The molecule has 1 aromatic heterocycles. The fourth-order valence-electron chi connectivity index (χ4n) is 0.417. The molecule has 54 valence electrons. The fraction of sp³-hybridized carbons (Fsp3) is 0. The molecule has 3 N–H and O–H groups in total. The third-order valence-electron chi connectivity index (χ3n) is 0.831. The lowest BCUT2D eigenvalue weighted by Gasteiger charge is -2.05. The van der Waals surface area contributed by atoms with Gasteiger partial charge in [0.15, 0.2) is 0 Å². The van der Waals surface area contributed by atoms with E-state index < -0.39 is 6.09 Å². The van der Waals surface area contributed by atoms with Crippen molar-refractivity contribution in [2.75, 3.05) is 5.01 Å². The molecule has 0 fully saturated rings. The second-order valence-electron chi connectivity index (χ2n) is 1.47. The van der Waals surface area contributed by atoms with Crippen molar-refractivity contribution in [3.05, 3.63) is 11.6 Å². The summed E-state index contributed by atoms with van der Waals surface area (Å²) in [5.74, 6) is 5.06. The number of hydrogen-bond donors (Lipinski definition) is 2. The second kappa shape index (κ2) is 2.63. The Labute approximate surface area is 60.7 Å². The number of nitrogens with zero attached hydrogens (tertiary/aromatic N) is 2. The molecule has 0 aliphatic heterocycles. The van der Waals surface area contributed by atoms with E-state index in [1.165, 1.54) is 17.5 Å². The number of rotatable bonds is 1. The van der Waals surface area contributed by atoms with Gasteiger partial charge in [0.2, 0.25) is 5.13 Å². The Hall–Kier alpha value is -1.14. The topological polar surface area (TPSA) is 79.5 Å². The van der Waals surface area contributed by atoms with Crippen LogP contribution in [0.5, 0.6) is 0 Å². The van der Waals surface area contributed by atoms with Gasteiger partial charge in [0.05, 0.1) is 0 Å². The van der Waals surface area contributed by atoms with E-state index in [4.69, 9.17) is 10.9 Å². The highest BCUT2D eigenvalue weighted by atomic mass is 32.1. The van der Waals surface area contributed by atoms with Gasteiger partial charge in [-0.05, 0) is 0 Å². The minimum atomic E-state index is -1.21. The van der Waals surface area contributed by atoms with Crippen molar-refractivity contribution < 1.29 is 9.90 Å². The lowest BCUT2D eigenvalue weighted by molar-refractivity contribution is 0.202. The van der Waals surface area contributed by atoms with Crippen molar-refractivity contribution in [1.82, 2.24) is 4.98 Å². The average molecular weight is 159 g/mol. The molecule has 0 bridgehead atoms. The summed E-state index contributed by atoms with van der Waals surface area (Å²) in [4.78, 5) is 13.8. The summed E-state index contributed by atoms with van der Waals surface area (Å²) in [5.41, 5.74) is 0.